The van der Waals surface area contributed by atoms with Crippen LogP contribution in [0.15, 0.2) is 64.6 Å². The van der Waals surface area contributed by atoms with E-state index in [0.29, 0.717) is 5.75 Å². The van der Waals surface area contributed by atoms with Gasteiger partial charge in [0.25, 0.3) is 0 Å². The van der Waals surface area contributed by atoms with Gasteiger partial charge in [0.05, 0.1) is 12.0 Å². The molecule has 0 saturated carbocycles. The normalized spacial score (nSPS) is 10.8. The average Bonchev–Trinajstić information content (AvgIpc) is 2.56. The van der Waals surface area contributed by atoms with Crippen LogP contribution in [0.5, 0.6) is 0 Å². The fourth-order valence-electron chi connectivity index (χ4n) is 1.74. The van der Waals surface area contributed by atoms with E-state index in [2.05, 4.69) is 22.7 Å². The summed E-state index contributed by atoms with van der Waals surface area (Å²) < 4.78 is 0. The highest BCUT2D eigenvalue weighted by Gasteiger charge is 2.00. The highest BCUT2D eigenvalue weighted by molar-refractivity contribution is 7.99. The van der Waals surface area contributed by atoms with Gasteiger partial charge in [0.1, 0.15) is 0 Å². The van der Waals surface area contributed by atoms with Crippen molar-refractivity contribution < 1.29 is 4.79 Å². The second kappa shape index (κ2) is 9.33. The Kier molecular flexibility index (Phi) is 7.06. The van der Waals surface area contributed by atoms with Crippen molar-refractivity contribution in [3.63, 3.8) is 0 Å². The smallest absolute Gasteiger partial charge is 0.250 e. The number of hydrogen-bond acceptors (Lipinski definition) is 4. The van der Waals surface area contributed by atoms with E-state index in [1.807, 2.05) is 48.7 Å². The van der Waals surface area contributed by atoms with E-state index < -0.39 is 0 Å². The molecule has 22 heavy (non-hydrogen) atoms. The number of hydrogen-bond donors (Lipinski definition) is 1. The monoisotopic (exact) mass is 330 g/mol. The van der Waals surface area contributed by atoms with Crippen LogP contribution in [0.4, 0.5) is 0 Å². The SMILES string of the molecule is CSc1ccc(/C=N/NC(=O)CSCc2ccccc2)cc1. The van der Waals surface area contributed by atoms with Crippen LogP contribution in [-0.4, -0.2) is 24.1 Å². The van der Waals surface area contributed by atoms with E-state index in [1.54, 1.807) is 29.7 Å². The van der Waals surface area contributed by atoms with Crippen molar-refractivity contribution in [2.75, 3.05) is 12.0 Å². The molecule has 0 unspecified atom stereocenters. The van der Waals surface area contributed by atoms with Crippen LogP contribution < -0.4 is 5.43 Å². The van der Waals surface area contributed by atoms with E-state index in [9.17, 15) is 4.79 Å². The van der Waals surface area contributed by atoms with Crippen molar-refractivity contribution in [2.24, 2.45) is 5.10 Å². The first kappa shape index (κ1) is 16.6. The van der Waals surface area contributed by atoms with Crippen molar-refractivity contribution in [2.45, 2.75) is 10.6 Å². The van der Waals surface area contributed by atoms with Crippen LogP contribution in [0.1, 0.15) is 11.1 Å². The molecular formula is C17H18N2OS2. The maximum atomic E-state index is 11.7. The summed E-state index contributed by atoms with van der Waals surface area (Å²) in [5.41, 5.74) is 4.74. The summed E-state index contributed by atoms with van der Waals surface area (Å²) in [7, 11) is 0. The van der Waals surface area contributed by atoms with Gasteiger partial charge in [-0.2, -0.15) is 5.10 Å². The molecule has 0 heterocycles. The second-order valence-electron chi connectivity index (χ2n) is 4.54. The average molecular weight is 330 g/mol. The Bertz CT molecular complexity index is 612. The third kappa shape index (κ3) is 5.95. The van der Waals surface area contributed by atoms with E-state index in [-0.39, 0.29) is 5.91 Å². The zero-order valence-electron chi connectivity index (χ0n) is 12.4. The number of hydrazone groups is 1. The topological polar surface area (TPSA) is 41.5 Å². The number of nitrogens with one attached hydrogen (secondary N) is 1. The largest absolute Gasteiger partial charge is 0.272 e. The van der Waals surface area contributed by atoms with Gasteiger partial charge >= 0.3 is 0 Å². The Morgan fingerprint density at radius 3 is 2.55 bits per heavy atom. The van der Waals surface area contributed by atoms with Crippen LogP contribution in [0.2, 0.25) is 0 Å². The number of thioether (sulfide) groups is 2. The molecule has 5 heteroatoms. The van der Waals surface area contributed by atoms with Crippen molar-refractivity contribution in [1.29, 1.82) is 0 Å². The fourth-order valence-corrected chi connectivity index (χ4v) is 2.93. The highest BCUT2D eigenvalue weighted by Crippen LogP contribution is 2.14. The highest BCUT2D eigenvalue weighted by atomic mass is 32.2. The number of nitrogens with zero attached hydrogens (tertiary/aromatic N) is 1. The van der Waals surface area contributed by atoms with Gasteiger partial charge in [0, 0.05) is 10.6 Å². The molecule has 0 saturated heterocycles. The minimum absolute atomic E-state index is 0.0853. The Morgan fingerprint density at radius 1 is 1.14 bits per heavy atom. The number of amides is 1. The first-order valence-electron chi connectivity index (χ1n) is 6.85. The third-order valence-corrected chi connectivity index (χ3v) is 4.61. The molecule has 0 bridgehead atoms. The molecule has 1 amide bonds. The number of carbonyl (C=O) groups is 1. The zero-order chi connectivity index (χ0) is 15.6. The maximum absolute atomic E-state index is 11.7. The molecule has 0 atom stereocenters. The first-order chi connectivity index (χ1) is 10.8. The van der Waals surface area contributed by atoms with Crippen molar-refractivity contribution in [3.8, 4) is 0 Å². The summed E-state index contributed by atoms with van der Waals surface area (Å²) in [6.45, 7) is 0. The minimum atomic E-state index is -0.0853. The molecule has 0 radical (unpaired) electrons. The molecule has 3 nitrogen and oxygen atoms in total. The lowest BCUT2D eigenvalue weighted by Crippen LogP contribution is -2.19. The summed E-state index contributed by atoms with van der Waals surface area (Å²) in [6, 6.07) is 18.1. The lowest BCUT2D eigenvalue weighted by atomic mass is 10.2. The van der Waals surface area contributed by atoms with Gasteiger partial charge in [-0.25, -0.2) is 5.43 Å². The van der Waals surface area contributed by atoms with Gasteiger partial charge in [-0.15, -0.1) is 23.5 Å². The van der Waals surface area contributed by atoms with Crippen molar-refractivity contribution >= 4 is 35.6 Å². The standard InChI is InChI=1S/C17H18N2OS2/c1-21-16-9-7-14(8-10-16)11-18-19-17(20)13-22-12-15-5-3-2-4-6-15/h2-11H,12-13H2,1H3,(H,19,20)/b18-11+. The Labute approximate surface area is 139 Å². The minimum Gasteiger partial charge on any atom is -0.272 e. The summed E-state index contributed by atoms with van der Waals surface area (Å²) in [5.74, 6) is 1.14. The van der Waals surface area contributed by atoms with Gasteiger partial charge in [-0.1, -0.05) is 42.5 Å². The molecule has 0 spiro atoms. The summed E-state index contributed by atoms with van der Waals surface area (Å²) >= 11 is 3.27. The fraction of sp³-hybridized carbons (Fsp3) is 0.176. The van der Waals surface area contributed by atoms with Crippen molar-refractivity contribution in [3.05, 3.63) is 65.7 Å². The quantitative estimate of drug-likeness (QED) is 0.477. The molecule has 1 N–H and O–H groups in total. The molecule has 2 aromatic carbocycles. The predicted molar refractivity (Wildman–Crippen MR) is 96.6 cm³/mol. The van der Waals surface area contributed by atoms with E-state index in [1.165, 1.54) is 10.5 Å². The molecule has 2 aromatic rings. The van der Waals surface area contributed by atoms with Gasteiger partial charge in [0.15, 0.2) is 0 Å². The molecule has 0 aliphatic rings. The molecule has 0 aliphatic carbocycles. The molecule has 0 aliphatic heterocycles. The van der Waals surface area contributed by atoms with Gasteiger partial charge < -0.3 is 0 Å². The van der Waals surface area contributed by atoms with Crippen LogP contribution in [-0.2, 0) is 10.5 Å². The summed E-state index contributed by atoms with van der Waals surface area (Å²) in [5, 5.41) is 3.98. The van der Waals surface area contributed by atoms with Gasteiger partial charge in [0.2, 0.25) is 5.91 Å². The zero-order valence-corrected chi connectivity index (χ0v) is 14.0. The van der Waals surface area contributed by atoms with Gasteiger partial charge in [-0.3, -0.25) is 4.79 Å². The first-order valence-corrected chi connectivity index (χ1v) is 9.23. The summed E-state index contributed by atoms with van der Waals surface area (Å²) in [6.07, 6.45) is 3.69. The maximum Gasteiger partial charge on any atom is 0.250 e. The van der Waals surface area contributed by atoms with Crippen LogP contribution >= 0.6 is 23.5 Å². The lowest BCUT2D eigenvalue weighted by molar-refractivity contribution is -0.118. The molecule has 114 valence electrons. The molecular weight excluding hydrogens is 312 g/mol. The number of benzene rings is 2. The third-order valence-electron chi connectivity index (χ3n) is 2.86. The van der Waals surface area contributed by atoms with Gasteiger partial charge in [-0.05, 0) is 29.5 Å². The Morgan fingerprint density at radius 2 is 1.86 bits per heavy atom. The Hall–Kier alpha value is -1.72. The lowest BCUT2D eigenvalue weighted by Gasteiger charge is -2.01. The van der Waals surface area contributed by atoms with Crippen LogP contribution in [0, 0.1) is 0 Å². The second-order valence-corrected chi connectivity index (χ2v) is 6.41. The van der Waals surface area contributed by atoms with E-state index >= 15 is 0 Å². The molecule has 0 aromatic heterocycles. The van der Waals surface area contributed by atoms with E-state index in [4.69, 9.17) is 0 Å². The molecule has 0 fully saturated rings. The van der Waals surface area contributed by atoms with Crippen LogP contribution in [0.25, 0.3) is 0 Å². The summed E-state index contributed by atoms with van der Waals surface area (Å²) in [4.78, 5) is 12.9. The predicted octanol–water partition coefficient (Wildman–Crippen LogP) is 3.79. The number of carbonyl (C=O) groups excluding carboxylic acids is 1. The number of rotatable bonds is 7. The van der Waals surface area contributed by atoms with E-state index in [0.717, 1.165) is 11.3 Å². The van der Waals surface area contributed by atoms with Crippen molar-refractivity contribution in [1.82, 2.24) is 5.43 Å². The molecule has 2 rings (SSSR count). The Balaban J connectivity index is 1.69. The van der Waals surface area contributed by atoms with Crippen LogP contribution in [0.3, 0.4) is 0 Å².